The number of hydrogen-bond donors (Lipinski definition) is 3. The second-order valence-electron chi connectivity index (χ2n) is 3.55. The summed E-state index contributed by atoms with van der Waals surface area (Å²) in [5.41, 5.74) is 2.56. The molecule has 6 heteroatoms. The normalized spacial score (nSPS) is 13.6. The summed E-state index contributed by atoms with van der Waals surface area (Å²) < 4.78 is 0. The van der Waals surface area contributed by atoms with E-state index in [0.29, 0.717) is 5.96 Å². The van der Waals surface area contributed by atoms with Gasteiger partial charge in [0.1, 0.15) is 5.01 Å². The zero-order chi connectivity index (χ0) is 12.0. The van der Waals surface area contributed by atoms with E-state index in [1.54, 1.807) is 11.3 Å². The molecule has 0 saturated heterocycles. The lowest BCUT2D eigenvalue weighted by atomic mass is 10.3. The maximum atomic E-state index is 5.38. The molecule has 90 valence electrons. The second-order valence-corrected chi connectivity index (χ2v) is 4.82. The van der Waals surface area contributed by atoms with Gasteiger partial charge in [-0.15, -0.1) is 11.3 Å². The van der Waals surface area contributed by atoms with Gasteiger partial charge >= 0.3 is 0 Å². The number of guanidine groups is 1. The van der Waals surface area contributed by atoms with Gasteiger partial charge in [0.05, 0.1) is 6.04 Å². The summed E-state index contributed by atoms with van der Waals surface area (Å²) in [5, 5.41) is 4.23. The second kappa shape index (κ2) is 6.44. The van der Waals surface area contributed by atoms with Crippen molar-refractivity contribution in [1.82, 2.24) is 15.7 Å². The Labute approximate surface area is 100 Å². The topological polar surface area (TPSA) is 75.3 Å². The van der Waals surface area contributed by atoms with Crippen LogP contribution in [0.4, 0.5) is 0 Å². The molecular formula is C10H19N5S. The summed E-state index contributed by atoms with van der Waals surface area (Å²) in [7, 11) is 0. The van der Waals surface area contributed by atoms with Gasteiger partial charge < -0.3 is 5.32 Å². The Morgan fingerprint density at radius 1 is 1.69 bits per heavy atom. The zero-order valence-electron chi connectivity index (χ0n) is 9.95. The predicted octanol–water partition coefficient (Wildman–Crippen LogP) is 1.33. The van der Waals surface area contributed by atoms with Gasteiger partial charge in [0.2, 0.25) is 5.96 Å². The molecule has 1 heterocycles. The fourth-order valence-electron chi connectivity index (χ4n) is 1.20. The molecule has 0 aliphatic heterocycles. The fraction of sp³-hybridized carbons (Fsp3) is 0.600. The summed E-state index contributed by atoms with van der Waals surface area (Å²) in [4.78, 5) is 9.80. The molecule has 0 aromatic carbocycles. The molecule has 0 spiro atoms. The molecule has 1 unspecified atom stereocenters. The Balaban J connectivity index is 2.58. The largest absolute Gasteiger partial charge is 0.346 e. The number of thiazole rings is 1. The van der Waals surface area contributed by atoms with E-state index < -0.39 is 0 Å². The quantitative estimate of drug-likeness (QED) is 0.322. The lowest BCUT2D eigenvalue weighted by Gasteiger charge is -2.14. The predicted molar refractivity (Wildman–Crippen MR) is 68.3 cm³/mol. The van der Waals surface area contributed by atoms with Crippen molar-refractivity contribution in [3.63, 3.8) is 0 Å². The lowest BCUT2D eigenvalue weighted by Crippen LogP contribution is -2.42. The average molecular weight is 241 g/mol. The van der Waals surface area contributed by atoms with Crippen LogP contribution in [0, 0.1) is 6.92 Å². The highest BCUT2D eigenvalue weighted by Gasteiger charge is 2.10. The molecule has 1 rings (SSSR count). The smallest absolute Gasteiger partial charge is 0.206 e. The maximum Gasteiger partial charge on any atom is 0.206 e. The standard InChI is InChI=1S/C10H19N5S/c1-4-5-12-10(15-11)14-8(3)9-13-6-7(2)16-9/h6,8H,4-5,11H2,1-3H3,(H2,12,14,15). The number of aryl methyl sites for hydroxylation is 1. The summed E-state index contributed by atoms with van der Waals surface area (Å²) >= 11 is 1.67. The van der Waals surface area contributed by atoms with Crippen LogP contribution in [0.25, 0.3) is 0 Å². The summed E-state index contributed by atoms with van der Waals surface area (Å²) in [6, 6.07) is 0.116. The summed E-state index contributed by atoms with van der Waals surface area (Å²) in [6.45, 7) is 6.92. The summed E-state index contributed by atoms with van der Waals surface area (Å²) in [5.74, 6) is 6.00. The number of nitrogens with one attached hydrogen (secondary N) is 2. The highest BCUT2D eigenvalue weighted by atomic mass is 32.1. The molecule has 0 radical (unpaired) electrons. The number of hydrogen-bond acceptors (Lipinski definition) is 4. The molecule has 16 heavy (non-hydrogen) atoms. The van der Waals surface area contributed by atoms with Gasteiger partial charge in [-0.1, -0.05) is 6.92 Å². The first kappa shape index (κ1) is 12.9. The third-order valence-electron chi connectivity index (χ3n) is 1.99. The minimum absolute atomic E-state index is 0.116. The summed E-state index contributed by atoms with van der Waals surface area (Å²) in [6.07, 6.45) is 2.87. The van der Waals surface area contributed by atoms with Crippen LogP contribution in [0.15, 0.2) is 11.2 Å². The van der Waals surface area contributed by atoms with Crippen molar-refractivity contribution in [2.45, 2.75) is 33.2 Å². The number of rotatable bonds is 4. The Bertz CT molecular complexity index is 347. The molecule has 0 amide bonds. The molecule has 4 N–H and O–H groups in total. The van der Waals surface area contributed by atoms with Crippen LogP contribution >= 0.6 is 11.3 Å². The fourth-order valence-corrected chi connectivity index (χ4v) is 1.97. The third-order valence-corrected chi connectivity index (χ3v) is 3.09. The van der Waals surface area contributed by atoms with E-state index in [9.17, 15) is 0 Å². The molecule has 0 saturated carbocycles. The van der Waals surface area contributed by atoms with E-state index in [0.717, 1.165) is 18.0 Å². The Kier molecular flexibility index (Phi) is 5.21. The van der Waals surface area contributed by atoms with Gasteiger partial charge in [0.15, 0.2) is 0 Å². The first-order chi connectivity index (χ1) is 7.67. The van der Waals surface area contributed by atoms with Crippen LogP contribution in [0.1, 0.15) is 36.2 Å². The minimum Gasteiger partial charge on any atom is -0.346 e. The molecule has 0 aliphatic rings. The zero-order valence-corrected chi connectivity index (χ0v) is 10.8. The van der Waals surface area contributed by atoms with Crippen LogP contribution in [0.2, 0.25) is 0 Å². The molecule has 0 aliphatic carbocycles. The van der Waals surface area contributed by atoms with Crippen molar-refractivity contribution in [3.8, 4) is 0 Å². The van der Waals surface area contributed by atoms with Crippen molar-refractivity contribution in [3.05, 3.63) is 16.1 Å². The van der Waals surface area contributed by atoms with Crippen molar-refractivity contribution < 1.29 is 0 Å². The Hall–Kier alpha value is -1.14. The van der Waals surface area contributed by atoms with E-state index >= 15 is 0 Å². The highest BCUT2D eigenvalue weighted by molar-refractivity contribution is 7.11. The molecule has 1 aromatic heterocycles. The SMILES string of the molecule is CCCN=C(NN)NC(C)c1ncc(C)s1. The number of hydrazine groups is 1. The van der Waals surface area contributed by atoms with Crippen LogP contribution in [0.3, 0.4) is 0 Å². The van der Waals surface area contributed by atoms with E-state index in [-0.39, 0.29) is 6.04 Å². The van der Waals surface area contributed by atoms with Crippen LogP contribution in [0.5, 0.6) is 0 Å². The molecule has 0 bridgehead atoms. The minimum atomic E-state index is 0.116. The number of aliphatic imine (C=N–C) groups is 1. The number of nitrogens with two attached hydrogens (primary N) is 1. The molecule has 1 atom stereocenters. The van der Waals surface area contributed by atoms with Crippen molar-refractivity contribution in [2.24, 2.45) is 10.8 Å². The van der Waals surface area contributed by atoms with Gasteiger partial charge in [-0.2, -0.15) is 0 Å². The van der Waals surface area contributed by atoms with Crippen LogP contribution in [-0.2, 0) is 0 Å². The van der Waals surface area contributed by atoms with E-state index in [1.807, 2.05) is 20.0 Å². The van der Waals surface area contributed by atoms with E-state index in [4.69, 9.17) is 5.84 Å². The van der Waals surface area contributed by atoms with Gasteiger partial charge in [-0.3, -0.25) is 10.4 Å². The lowest BCUT2D eigenvalue weighted by molar-refractivity contribution is 0.681. The van der Waals surface area contributed by atoms with E-state index in [2.05, 4.69) is 27.6 Å². The molecule has 1 aromatic rings. The molecule has 0 fully saturated rings. The van der Waals surface area contributed by atoms with Crippen molar-refractivity contribution in [1.29, 1.82) is 0 Å². The molecule has 5 nitrogen and oxygen atoms in total. The third kappa shape index (κ3) is 3.79. The highest BCUT2D eigenvalue weighted by Crippen LogP contribution is 2.18. The number of aromatic nitrogens is 1. The van der Waals surface area contributed by atoms with Gasteiger partial charge in [-0.25, -0.2) is 10.8 Å². The Morgan fingerprint density at radius 3 is 2.94 bits per heavy atom. The molecular weight excluding hydrogens is 222 g/mol. The van der Waals surface area contributed by atoms with Crippen LogP contribution in [-0.4, -0.2) is 17.5 Å². The van der Waals surface area contributed by atoms with Gasteiger partial charge in [0.25, 0.3) is 0 Å². The van der Waals surface area contributed by atoms with Gasteiger partial charge in [-0.05, 0) is 20.3 Å². The van der Waals surface area contributed by atoms with Crippen molar-refractivity contribution >= 4 is 17.3 Å². The monoisotopic (exact) mass is 241 g/mol. The number of nitrogens with zero attached hydrogens (tertiary/aromatic N) is 2. The van der Waals surface area contributed by atoms with Crippen LogP contribution < -0.4 is 16.6 Å². The first-order valence-electron chi connectivity index (χ1n) is 5.37. The van der Waals surface area contributed by atoms with Crippen molar-refractivity contribution in [2.75, 3.05) is 6.54 Å². The van der Waals surface area contributed by atoms with E-state index in [1.165, 1.54) is 4.88 Å². The van der Waals surface area contributed by atoms with Gasteiger partial charge in [0, 0.05) is 17.6 Å². The maximum absolute atomic E-state index is 5.38. The first-order valence-corrected chi connectivity index (χ1v) is 6.19. The Morgan fingerprint density at radius 2 is 2.44 bits per heavy atom. The average Bonchev–Trinajstić information content (AvgIpc) is 2.70.